The number of aryl methyl sites for hydroxylation is 3. The van der Waals surface area contributed by atoms with Gasteiger partial charge in [0.2, 0.25) is 0 Å². The SMILES string of the molecule is CCCCCCC(C(=O)O)C1(C(=O)c2c(C)cc(C)cc2C)CCCC1.O=[PH2+]. The normalized spacial score (nSPS) is 16.1. The van der Waals surface area contributed by atoms with Crippen LogP contribution in [0.2, 0.25) is 0 Å². The van der Waals surface area contributed by atoms with Gasteiger partial charge in [0.25, 0.3) is 0 Å². The van der Waals surface area contributed by atoms with E-state index in [1.54, 1.807) is 0 Å². The van der Waals surface area contributed by atoms with Crippen LogP contribution in [0.1, 0.15) is 91.8 Å². The van der Waals surface area contributed by atoms with Gasteiger partial charge in [0.05, 0.1) is 5.92 Å². The molecule has 1 N–H and O–H groups in total. The minimum absolute atomic E-state index is 0.0768. The second-order valence-electron chi connectivity index (χ2n) is 8.21. The first kappa shape index (κ1) is 24.5. The zero-order valence-electron chi connectivity index (χ0n) is 17.8. The average molecular weight is 408 g/mol. The van der Waals surface area contributed by atoms with Crippen LogP contribution in [-0.2, 0) is 9.36 Å². The van der Waals surface area contributed by atoms with Crippen LogP contribution in [0.4, 0.5) is 0 Å². The van der Waals surface area contributed by atoms with E-state index in [2.05, 4.69) is 6.92 Å². The van der Waals surface area contributed by atoms with E-state index in [0.717, 1.165) is 60.8 Å². The molecular formula is C23H36O4P+. The van der Waals surface area contributed by atoms with Crippen molar-refractivity contribution in [3.63, 3.8) is 0 Å². The maximum atomic E-state index is 13.7. The molecule has 1 saturated carbocycles. The lowest BCUT2D eigenvalue weighted by atomic mass is 9.66. The third kappa shape index (κ3) is 5.50. The molecule has 0 saturated heterocycles. The number of carboxylic acid groups (broad SMARTS) is 1. The number of rotatable bonds is 9. The smallest absolute Gasteiger partial charge is 0.310 e. The topological polar surface area (TPSA) is 71.4 Å². The number of ketones is 1. The van der Waals surface area contributed by atoms with Gasteiger partial charge in [-0.15, -0.1) is 0 Å². The lowest BCUT2D eigenvalue weighted by Crippen LogP contribution is -2.41. The van der Waals surface area contributed by atoms with Gasteiger partial charge < -0.3 is 5.11 Å². The number of Topliss-reactive ketones (excluding diaryl/α,β-unsaturated/α-hetero) is 1. The Balaban J connectivity index is 0.00000190. The predicted octanol–water partition coefficient (Wildman–Crippen LogP) is 6.23. The van der Waals surface area contributed by atoms with Crippen molar-refractivity contribution in [3.05, 3.63) is 34.4 Å². The van der Waals surface area contributed by atoms with Crippen LogP contribution >= 0.6 is 9.12 Å². The van der Waals surface area contributed by atoms with Crippen molar-refractivity contribution in [2.24, 2.45) is 11.3 Å². The molecule has 0 bridgehead atoms. The third-order valence-corrected chi connectivity index (χ3v) is 6.16. The summed E-state index contributed by atoms with van der Waals surface area (Å²) in [5, 5.41) is 9.98. The van der Waals surface area contributed by atoms with E-state index in [1.807, 2.05) is 32.9 Å². The summed E-state index contributed by atoms with van der Waals surface area (Å²) in [5.74, 6) is -1.28. The maximum Gasteiger partial charge on any atom is 0.310 e. The first-order chi connectivity index (χ1) is 13.3. The van der Waals surface area contributed by atoms with E-state index < -0.39 is 17.3 Å². The summed E-state index contributed by atoms with van der Waals surface area (Å²) in [6.45, 7) is 8.15. The Hall–Kier alpha value is -1.54. The van der Waals surface area contributed by atoms with E-state index in [1.165, 1.54) is 9.12 Å². The molecule has 2 atom stereocenters. The second kappa shape index (κ2) is 11.5. The second-order valence-corrected chi connectivity index (χ2v) is 8.21. The molecule has 1 fully saturated rings. The van der Waals surface area contributed by atoms with Gasteiger partial charge in [-0.3, -0.25) is 9.59 Å². The summed E-state index contributed by atoms with van der Waals surface area (Å²) in [6, 6.07) is 4.08. The summed E-state index contributed by atoms with van der Waals surface area (Å²) < 4.78 is 8.17. The summed E-state index contributed by atoms with van der Waals surface area (Å²) in [5.41, 5.74) is 3.15. The van der Waals surface area contributed by atoms with Crippen molar-refractivity contribution in [3.8, 4) is 0 Å². The highest BCUT2D eigenvalue weighted by Gasteiger charge is 2.50. The Bertz CT molecular complexity index is 654. The van der Waals surface area contributed by atoms with Crippen LogP contribution in [0, 0.1) is 32.1 Å². The first-order valence-corrected chi connectivity index (χ1v) is 10.9. The minimum Gasteiger partial charge on any atom is -0.481 e. The molecule has 5 heteroatoms. The van der Waals surface area contributed by atoms with Crippen LogP contribution in [0.3, 0.4) is 0 Å². The van der Waals surface area contributed by atoms with Crippen LogP contribution in [-0.4, -0.2) is 16.9 Å². The molecule has 0 spiro atoms. The van der Waals surface area contributed by atoms with E-state index in [4.69, 9.17) is 4.57 Å². The zero-order chi connectivity index (χ0) is 21.3. The molecule has 1 aliphatic carbocycles. The molecule has 0 aromatic heterocycles. The number of hydrogen-bond donors (Lipinski definition) is 1. The lowest BCUT2D eigenvalue weighted by molar-refractivity contribution is -0.146. The molecule has 1 aliphatic rings. The van der Waals surface area contributed by atoms with E-state index in [0.29, 0.717) is 19.3 Å². The lowest BCUT2D eigenvalue weighted by Gasteiger charge is -2.35. The highest BCUT2D eigenvalue weighted by Crippen LogP contribution is 2.49. The highest BCUT2D eigenvalue weighted by molar-refractivity contribution is 7.00. The molecule has 1 aromatic carbocycles. The monoisotopic (exact) mass is 407 g/mol. The fourth-order valence-corrected chi connectivity index (χ4v) is 4.94. The Kier molecular flexibility index (Phi) is 10.0. The molecule has 0 heterocycles. The van der Waals surface area contributed by atoms with Gasteiger partial charge in [-0.2, -0.15) is 0 Å². The Labute approximate surface area is 171 Å². The molecule has 156 valence electrons. The Morgan fingerprint density at radius 3 is 2.04 bits per heavy atom. The van der Waals surface area contributed by atoms with Crippen LogP contribution in [0.5, 0.6) is 0 Å². The van der Waals surface area contributed by atoms with Crippen LogP contribution in [0.25, 0.3) is 0 Å². The zero-order valence-corrected chi connectivity index (χ0v) is 19.0. The fraction of sp³-hybridized carbons (Fsp3) is 0.652. The van der Waals surface area contributed by atoms with Crippen LogP contribution < -0.4 is 0 Å². The van der Waals surface area contributed by atoms with Gasteiger partial charge in [0, 0.05) is 11.0 Å². The summed E-state index contributed by atoms with van der Waals surface area (Å²) in [6.07, 6.45) is 8.15. The molecule has 4 nitrogen and oxygen atoms in total. The van der Waals surface area contributed by atoms with E-state index in [9.17, 15) is 14.7 Å². The van der Waals surface area contributed by atoms with Crippen molar-refractivity contribution in [1.82, 2.24) is 0 Å². The molecule has 2 unspecified atom stereocenters. The molecule has 1 aromatic rings. The standard InChI is InChI=1S/C23H34O3.H2OP/c1-5-6-7-8-11-19(22(25)26)23(12-9-10-13-23)21(24)20-17(3)14-16(2)15-18(20)4;1-2/h14-15,19H,5-13H2,1-4H3,(H,25,26);2H2/q;+1. The van der Waals surface area contributed by atoms with Crippen molar-refractivity contribution in [1.29, 1.82) is 0 Å². The van der Waals surface area contributed by atoms with Crippen molar-refractivity contribution < 1.29 is 19.3 Å². The highest BCUT2D eigenvalue weighted by atomic mass is 31.0. The maximum absolute atomic E-state index is 13.7. The van der Waals surface area contributed by atoms with Crippen LogP contribution in [0.15, 0.2) is 12.1 Å². The number of aliphatic carboxylic acids is 1. The Morgan fingerprint density at radius 1 is 1.04 bits per heavy atom. The first-order valence-electron chi connectivity index (χ1n) is 10.4. The van der Waals surface area contributed by atoms with Gasteiger partial charge in [0.15, 0.2) is 5.78 Å². The molecular weight excluding hydrogens is 371 g/mol. The van der Waals surface area contributed by atoms with Crippen molar-refractivity contribution >= 4 is 20.9 Å². The number of unbranched alkanes of at least 4 members (excludes halogenated alkanes) is 3. The largest absolute Gasteiger partial charge is 0.481 e. The molecule has 2 rings (SSSR count). The quantitative estimate of drug-likeness (QED) is 0.299. The van der Waals surface area contributed by atoms with Gasteiger partial charge in [-0.1, -0.05) is 67.7 Å². The van der Waals surface area contributed by atoms with Crippen molar-refractivity contribution in [2.45, 2.75) is 85.5 Å². The summed E-state index contributed by atoms with van der Waals surface area (Å²) in [4.78, 5) is 25.9. The predicted molar refractivity (Wildman–Crippen MR) is 116 cm³/mol. The number of carboxylic acids is 1. The number of benzene rings is 1. The van der Waals surface area contributed by atoms with Gasteiger partial charge in [-0.25, -0.2) is 0 Å². The molecule has 0 aliphatic heterocycles. The molecule has 28 heavy (non-hydrogen) atoms. The number of hydrogen-bond acceptors (Lipinski definition) is 3. The summed E-state index contributed by atoms with van der Waals surface area (Å²) >= 11 is 0. The number of carbonyl (C=O) groups excluding carboxylic acids is 1. The number of carbonyl (C=O) groups is 2. The van der Waals surface area contributed by atoms with Gasteiger partial charge >= 0.3 is 15.1 Å². The molecule has 0 amide bonds. The Morgan fingerprint density at radius 2 is 1.57 bits per heavy atom. The fourth-order valence-electron chi connectivity index (χ4n) is 4.94. The van der Waals surface area contributed by atoms with E-state index >= 15 is 0 Å². The molecule has 0 radical (unpaired) electrons. The minimum atomic E-state index is -0.792. The van der Waals surface area contributed by atoms with E-state index in [-0.39, 0.29) is 5.78 Å². The summed E-state index contributed by atoms with van der Waals surface area (Å²) in [7, 11) is 1.17. The third-order valence-electron chi connectivity index (χ3n) is 6.16. The van der Waals surface area contributed by atoms with Gasteiger partial charge in [-0.05, 0) is 51.2 Å². The van der Waals surface area contributed by atoms with Gasteiger partial charge in [0.1, 0.15) is 0 Å². The average Bonchev–Trinajstić information content (AvgIpc) is 3.12. The van der Waals surface area contributed by atoms with Crippen molar-refractivity contribution in [2.75, 3.05) is 0 Å².